The monoisotopic (exact) mass is 334 g/mol. The number of pyridine rings is 1. The van der Waals surface area contributed by atoms with Crippen LogP contribution < -0.4 is 10.1 Å². The van der Waals surface area contributed by atoms with Crippen molar-refractivity contribution in [2.24, 2.45) is 0 Å². The van der Waals surface area contributed by atoms with Gasteiger partial charge in [-0.2, -0.15) is 0 Å². The third-order valence-corrected chi connectivity index (χ3v) is 4.00. The second-order valence-electron chi connectivity index (χ2n) is 6.99. The van der Waals surface area contributed by atoms with Crippen LogP contribution in [0.4, 0.5) is 5.69 Å². The van der Waals surface area contributed by atoms with E-state index < -0.39 is 0 Å². The summed E-state index contributed by atoms with van der Waals surface area (Å²) in [7, 11) is 0. The van der Waals surface area contributed by atoms with E-state index in [1.807, 2.05) is 54.6 Å². The Morgan fingerprint density at radius 2 is 1.76 bits per heavy atom. The Morgan fingerprint density at radius 1 is 1.04 bits per heavy atom. The highest BCUT2D eigenvalue weighted by molar-refractivity contribution is 6.00. The molecule has 1 heterocycles. The lowest BCUT2D eigenvalue weighted by Crippen LogP contribution is -2.20. The Morgan fingerprint density at radius 3 is 2.48 bits per heavy atom. The quantitative estimate of drug-likeness (QED) is 0.761. The minimum Gasteiger partial charge on any atom is -0.484 e. The van der Waals surface area contributed by atoms with Crippen molar-refractivity contribution >= 4 is 22.5 Å². The first-order chi connectivity index (χ1) is 11.9. The lowest BCUT2D eigenvalue weighted by Gasteiger charge is -2.19. The second kappa shape index (κ2) is 6.93. The largest absolute Gasteiger partial charge is 0.484 e. The number of anilines is 1. The molecule has 0 unspecified atom stereocenters. The molecular formula is C21H22N2O2. The molecule has 1 amide bonds. The van der Waals surface area contributed by atoms with Gasteiger partial charge in [-0.3, -0.25) is 9.78 Å². The van der Waals surface area contributed by atoms with Gasteiger partial charge >= 0.3 is 0 Å². The summed E-state index contributed by atoms with van der Waals surface area (Å²) in [4.78, 5) is 16.5. The fraction of sp³-hybridized carbons (Fsp3) is 0.238. The molecule has 0 radical (unpaired) electrons. The van der Waals surface area contributed by atoms with Gasteiger partial charge in [-0.15, -0.1) is 0 Å². The maximum Gasteiger partial charge on any atom is 0.262 e. The summed E-state index contributed by atoms with van der Waals surface area (Å²) in [5.74, 6) is 0.470. The van der Waals surface area contributed by atoms with Crippen molar-refractivity contribution in [3.63, 3.8) is 0 Å². The maximum absolute atomic E-state index is 12.2. The molecule has 0 aliphatic heterocycles. The lowest BCUT2D eigenvalue weighted by molar-refractivity contribution is -0.118. The lowest BCUT2D eigenvalue weighted by atomic mass is 9.87. The predicted octanol–water partition coefficient (Wildman–Crippen LogP) is 4.55. The van der Waals surface area contributed by atoms with Gasteiger partial charge in [-0.05, 0) is 35.2 Å². The van der Waals surface area contributed by atoms with Gasteiger partial charge in [-0.1, -0.05) is 51.1 Å². The summed E-state index contributed by atoms with van der Waals surface area (Å²) in [6.07, 6.45) is 1.71. The number of amides is 1. The average molecular weight is 334 g/mol. The van der Waals surface area contributed by atoms with E-state index >= 15 is 0 Å². The van der Waals surface area contributed by atoms with Crippen LogP contribution in [0.15, 0.2) is 60.8 Å². The Bertz CT molecular complexity index is 875. The van der Waals surface area contributed by atoms with E-state index in [4.69, 9.17) is 4.74 Å². The molecule has 0 spiro atoms. The summed E-state index contributed by atoms with van der Waals surface area (Å²) in [6, 6.07) is 17.4. The first kappa shape index (κ1) is 17.0. The molecule has 0 fully saturated rings. The van der Waals surface area contributed by atoms with E-state index in [0.29, 0.717) is 11.4 Å². The topological polar surface area (TPSA) is 51.2 Å². The second-order valence-corrected chi connectivity index (χ2v) is 6.99. The molecule has 0 aliphatic rings. The first-order valence-electron chi connectivity index (χ1n) is 8.30. The number of fused-ring (bicyclic) bond motifs is 1. The SMILES string of the molecule is CC(C)(C)c1ccc(OCC(=O)Nc2cccc3cccnc23)cc1. The molecule has 4 heteroatoms. The van der Waals surface area contributed by atoms with Gasteiger partial charge in [0.1, 0.15) is 5.75 Å². The van der Waals surface area contributed by atoms with E-state index in [1.165, 1.54) is 5.56 Å². The molecule has 0 atom stereocenters. The van der Waals surface area contributed by atoms with E-state index in [2.05, 4.69) is 31.1 Å². The fourth-order valence-electron chi connectivity index (χ4n) is 2.59. The van der Waals surface area contributed by atoms with Crippen LogP contribution in [-0.2, 0) is 10.2 Å². The van der Waals surface area contributed by atoms with Gasteiger partial charge in [0.2, 0.25) is 0 Å². The van der Waals surface area contributed by atoms with Crippen LogP contribution >= 0.6 is 0 Å². The number of nitrogens with zero attached hydrogens (tertiary/aromatic N) is 1. The highest BCUT2D eigenvalue weighted by atomic mass is 16.5. The van der Waals surface area contributed by atoms with Gasteiger partial charge in [0.25, 0.3) is 5.91 Å². The summed E-state index contributed by atoms with van der Waals surface area (Å²) < 4.78 is 5.59. The van der Waals surface area contributed by atoms with Crippen LogP contribution in [-0.4, -0.2) is 17.5 Å². The average Bonchev–Trinajstić information content (AvgIpc) is 2.60. The van der Waals surface area contributed by atoms with Crippen LogP contribution in [0.3, 0.4) is 0 Å². The maximum atomic E-state index is 12.2. The summed E-state index contributed by atoms with van der Waals surface area (Å²) in [6.45, 7) is 6.44. The highest BCUT2D eigenvalue weighted by Crippen LogP contribution is 2.24. The minimum atomic E-state index is -0.210. The van der Waals surface area contributed by atoms with Gasteiger partial charge in [-0.25, -0.2) is 0 Å². The first-order valence-corrected chi connectivity index (χ1v) is 8.30. The molecule has 0 saturated heterocycles. The van der Waals surface area contributed by atoms with Gasteiger partial charge in [0, 0.05) is 11.6 Å². The third-order valence-electron chi connectivity index (χ3n) is 4.00. The van der Waals surface area contributed by atoms with Gasteiger partial charge < -0.3 is 10.1 Å². The number of benzene rings is 2. The molecule has 1 N–H and O–H groups in total. The third kappa shape index (κ3) is 4.15. The van der Waals surface area contributed by atoms with E-state index in [-0.39, 0.29) is 17.9 Å². The van der Waals surface area contributed by atoms with Crippen LogP contribution in [0.2, 0.25) is 0 Å². The molecule has 2 aromatic carbocycles. The van der Waals surface area contributed by atoms with Crippen LogP contribution in [0, 0.1) is 0 Å². The van der Waals surface area contributed by atoms with Crippen molar-refractivity contribution < 1.29 is 9.53 Å². The number of carbonyl (C=O) groups is 1. The molecule has 0 saturated carbocycles. The molecule has 25 heavy (non-hydrogen) atoms. The molecular weight excluding hydrogens is 312 g/mol. The van der Waals surface area contributed by atoms with E-state index in [9.17, 15) is 4.79 Å². The Labute approximate surface area is 147 Å². The van der Waals surface area contributed by atoms with Crippen molar-refractivity contribution in [3.8, 4) is 5.75 Å². The molecule has 1 aromatic heterocycles. The Kier molecular flexibility index (Phi) is 4.70. The number of aromatic nitrogens is 1. The van der Waals surface area contributed by atoms with Crippen LogP contribution in [0.25, 0.3) is 10.9 Å². The minimum absolute atomic E-state index is 0.0436. The van der Waals surface area contributed by atoms with Gasteiger partial charge in [0.05, 0.1) is 11.2 Å². The van der Waals surface area contributed by atoms with Gasteiger partial charge in [0.15, 0.2) is 6.61 Å². The molecule has 0 aliphatic carbocycles. The molecule has 3 aromatic rings. The molecule has 0 bridgehead atoms. The zero-order chi connectivity index (χ0) is 17.9. The molecule has 3 rings (SSSR count). The van der Waals surface area contributed by atoms with Crippen molar-refractivity contribution in [2.75, 3.05) is 11.9 Å². The molecule has 4 nitrogen and oxygen atoms in total. The van der Waals surface area contributed by atoms with E-state index in [1.54, 1.807) is 6.20 Å². The van der Waals surface area contributed by atoms with Crippen molar-refractivity contribution in [3.05, 3.63) is 66.4 Å². The number of hydrogen-bond donors (Lipinski definition) is 1. The number of nitrogens with one attached hydrogen (secondary N) is 1. The van der Waals surface area contributed by atoms with Crippen LogP contribution in [0.1, 0.15) is 26.3 Å². The zero-order valence-corrected chi connectivity index (χ0v) is 14.7. The Hall–Kier alpha value is -2.88. The summed E-state index contributed by atoms with van der Waals surface area (Å²) >= 11 is 0. The number of hydrogen-bond acceptors (Lipinski definition) is 3. The van der Waals surface area contributed by atoms with E-state index in [0.717, 1.165) is 10.9 Å². The fourth-order valence-corrected chi connectivity index (χ4v) is 2.59. The summed E-state index contributed by atoms with van der Waals surface area (Å²) in [5.41, 5.74) is 2.78. The van der Waals surface area contributed by atoms with Crippen molar-refractivity contribution in [1.29, 1.82) is 0 Å². The smallest absolute Gasteiger partial charge is 0.262 e. The summed E-state index contributed by atoms with van der Waals surface area (Å²) in [5, 5.41) is 3.85. The highest BCUT2D eigenvalue weighted by Gasteiger charge is 2.13. The normalized spacial score (nSPS) is 11.3. The van der Waals surface area contributed by atoms with Crippen molar-refractivity contribution in [1.82, 2.24) is 4.98 Å². The predicted molar refractivity (Wildman–Crippen MR) is 101 cm³/mol. The Balaban J connectivity index is 1.63. The standard InChI is InChI=1S/C21H22N2O2/c1-21(2,3)16-9-11-17(12-10-16)25-14-19(24)23-18-8-4-6-15-7-5-13-22-20(15)18/h4-13H,14H2,1-3H3,(H,23,24). The molecule has 128 valence electrons. The number of ether oxygens (including phenoxy) is 1. The number of rotatable bonds is 4. The van der Waals surface area contributed by atoms with Crippen LogP contribution in [0.5, 0.6) is 5.75 Å². The van der Waals surface area contributed by atoms with Crippen molar-refractivity contribution in [2.45, 2.75) is 26.2 Å². The number of para-hydroxylation sites is 1. The zero-order valence-electron chi connectivity index (χ0n) is 14.7. The number of carbonyl (C=O) groups excluding carboxylic acids is 1.